The van der Waals surface area contributed by atoms with Crippen LogP contribution >= 0.6 is 23.2 Å². The van der Waals surface area contributed by atoms with Crippen LogP contribution in [0.2, 0.25) is 10.0 Å². The van der Waals surface area contributed by atoms with Gasteiger partial charge in [-0.3, -0.25) is 4.98 Å². The number of benzene rings is 2. The zero-order valence-electron chi connectivity index (χ0n) is 11.9. The molecular formula is C17H10Cl2FNO2. The van der Waals surface area contributed by atoms with Crippen molar-refractivity contribution in [3.8, 4) is 11.3 Å². The molecule has 0 saturated heterocycles. The number of halogens is 3. The van der Waals surface area contributed by atoms with Crippen LogP contribution in [-0.4, -0.2) is 18.1 Å². The van der Waals surface area contributed by atoms with Crippen molar-refractivity contribution >= 4 is 39.9 Å². The maximum absolute atomic E-state index is 14.1. The van der Waals surface area contributed by atoms with Gasteiger partial charge in [0.2, 0.25) is 0 Å². The number of carbonyl (C=O) groups is 1. The number of ether oxygens (including phenoxy) is 1. The smallest absolute Gasteiger partial charge is 0.337 e. The lowest BCUT2D eigenvalue weighted by molar-refractivity contribution is 0.0601. The van der Waals surface area contributed by atoms with Gasteiger partial charge >= 0.3 is 5.97 Å². The first kappa shape index (κ1) is 15.7. The van der Waals surface area contributed by atoms with Crippen molar-refractivity contribution in [3.63, 3.8) is 0 Å². The summed E-state index contributed by atoms with van der Waals surface area (Å²) in [4.78, 5) is 15.9. The average Bonchev–Trinajstić information content (AvgIpc) is 2.55. The lowest BCUT2D eigenvalue weighted by atomic mass is 10.0. The number of pyridine rings is 1. The van der Waals surface area contributed by atoms with E-state index in [1.54, 1.807) is 18.2 Å². The van der Waals surface area contributed by atoms with E-state index in [4.69, 9.17) is 27.9 Å². The Morgan fingerprint density at radius 3 is 2.48 bits per heavy atom. The summed E-state index contributed by atoms with van der Waals surface area (Å²) in [6.07, 6.45) is 1.11. The van der Waals surface area contributed by atoms with Crippen molar-refractivity contribution < 1.29 is 13.9 Å². The van der Waals surface area contributed by atoms with Crippen molar-refractivity contribution in [1.29, 1.82) is 0 Å². The number of aromatic nitrogens is 1. The predicted molar refractivity (Wildman–Crippen MR) is 88.5 cm³/mol. The molecule has 0 aliphatic carbocycles. The van der Waals surface area contributed by atoms with Gasteiger partial charge in [0.15, 0.2) is 0 Å². The van der Waals surface area contributed by atoms with E-state index in [1.165, 1.54) is 25.3 Å². The molecule has 1 aromatic heterocycles. The van der Waals surface area contributed by atoms with Crippen molar-refractivity contribution in [2.75, 3.05) is 7.11 Å². The average molecular weight is 350 g/mol. The van der Waals surface area contributed by atoms with Gasteiger partial charge in [0.05, 0.1) is 34.6 Å². The highest BCUT2D eigenvalue weighted by molar-refractivity contribution is 6.39. The topological polar surface area (TPSA) is 39.2 Å². The minimum absolute atomic E-state index is 0.289. The molecule has 6 heteroatoms. The minimum Gasteiger partial charge on any atom is -0.465 e. The van der Waals surface area contributed by atoms with E-state index in [2.05, 4.69) is 4.98 Å². The molecule has 0 amide bonds. The lowest BCUT2D eigenvalue weighted by Crippen LogP contribution is -2.01. The third kappa shape index (κ3) is 2.76. The van der Waals surface area contributed by atoms with E-state index >= 15 is 0 Å². The van der Waals surface area contributed by atoms with Crippen LogP contribution in [0.4, 0.5) is 4.39 Å². The molecule has 0 saturated carbocycles. The Morgan fingerprint density at radius 2 is 1.83 bits per heavy atom. The zero-order valence-corrected chi connectivity index (χ0v) is 13.5. The molecule has 1 heterocycles. The van der Waals surface area contributed by atoms with Crippen LogP contribution in [0.3, 0.4) is 0 Å². The van der Waals surface area contributed by atoms with Gasteiger partial charge in [-0.25, -0.2) is 9.18 Å². The summed E-state index contributed by atoms with van der Waals surface area (Å²) in [5, 5.41) is 1.53. The van der Waals surface area contributed by atoms with E-state index < -0.39 is 11.8 Å². The number of methoxy groups -OCH3 is 1. The van der Waals surface area contributed by atoms with E-state index in [1.807, 2.05) is 0 Å². The van der Waals surface area contributed by atoms with Crippen molar-refractivity contribution in [2.45, 2.75) is 0 Å². The fraction of sp³-hybridized carbons (Fsp3) is 0.0588. The standard InChI is InChI=1S/C17H10Cl2FNO2/c1-23-17(22)9-5-6-10-11(7-9)16(21-8-14(10)20)15-12(18)3-2-4-13(15)19/h2-8H,1H3. The Kier molecular flexibility index (Phi) is 4.20. The van der Waals surface area contributed by atoms with Gasteiger partial charge in [-0.05, 0) is 24.3 Å². The van der Waals surface area contributed by atoms with Crippen LogP contribution in [0.1, 0.15) is 10.4 Å². The van der Waals surface area contributed by atoms with Crippen LogP contribution in [0.5, 0.6) is 0 Å². The largest absolute Gasteiger partial charge is 0.465 e. The first-order valence-electron chi connectivity index (χ1n) is 6.64. The maximum Gasteiger partial charge on any atom is 0.337 e. The minimum atomic E-state index is -0.521. The summed E-state index contributed by atoms with van der Waals surface area (Å²) in [6.45, 7) is 0. The Balaban J connectivity index is 2.37. The molecule has 2 aromatic carbocycles. The molecule has 0 aliphatic heterocycles. The summed E-state index contributed by atoms with van der Waals surface area (Å²) in [5.41, 5.74) is 1.18. The van der Waals surface area contributed by atoms with E-state index in [0.29, 0.717) is 32.1 Å². The Labute approximate surface area is 141 Å². The second kappa shape index (κ2) is 6.14. The first-order valence-corrected chi connectivity index (χ1v) is 7.39. The van der Waals surface area contributed by atoms with Crippen LogP contribution in [-0.2, 0) is 4.74 Å². The number of fused-ring (bicyclic) bond motifs is 1. The molecule has 3 nitrogen and oxygen atoms in total. The number of hydrogen-bond donors (Lipinski definition) is 0. The highest BCUT2D eigenvalue weighted by Crippen LogP contribution is 2.37. The number of esters is 1. The summed E-state index contributed by atoms with van der Waals surface area (Å²) >= 11 is 12.4. The van der Waals surface area contributed by atoms with Gasteiger partial charge in [-0.15, -0.1) is 0 Å². The number of rotatable bonds is 2. The molecule has 23 heavy (non-hydrogen) atoms. The number of carbonyl (C=O) groups excluding carboxylic acids is 1. The fourth-order valence-electron chi connectivity index (χ4n) is 2.38. The molecule has 3 rings (SSSR count). The van der Waals surface area contributed by atoms with Crippen molar-refractivity contribution in [2.24, 2.45) is 0 Å². The molecule has 0 N–H and O–H groups in total. The predicted octanol–water partition coefficient (Wildman–Crippen LogP) is 5.13. The van der Waals surface area contributed by atoms with Gasteiger partial charge in [-0.1, -0.05) is 35.3 Å². The maximum atomic E-state index is 14.1. The molecule has 0 unspecified atom stereocenters. The highest BCUT2D eigenvalue weighted by atomic mass is 35.5. The van der Waals surface area contributed by atoms with Crippen molar-refractivity contribution in [3.05, 3.63) is 64.0 Å². The van der Waals surface area contributed by atoms with Gasteiger partial charge in [0.25, 0.3) is 0 Å². The Morgan fingerprint density at radius 1 is 1.13 bits per heavy atom. The molecule has 0 atom stereocenters. The summed E-state index contributed by atoms with van der Waals surface area (Å²) in [6, 6.07) is 9.57. The summed E-state index contributed by atoms with van der Waals surface area (Å²) in [5.74, 6) is -1.02. The van der Waals surface area contributed by atoms with Gasteiger partial charge < -0.3 is 4.74 Å². The molecular weight excluding hydrogens is 340 g/mol. The first-order chi connectivity index (χ1) is 11.0. The molecule has 0 spiro atoms. The second-order valence-corrected chi connectivity index (χ2v) is 5.62. The fourth-order valence-corrected chi connectivity index (χ4v) is 2.95. The van der Waals surface area contributed by atoms with Crippen LogP contribution < -0.4 is 0 Å². The van der Waals surface area contributed by atoms with Gasteiger partial charge in [0, 0.05) is 16.3 Å². The van der Waals surface area contributed by atoms with E-state index in [0.717, 1.165) is 6.20 Å². The molecule has 116 valence electrons. The molecule has 3 aromatic rings. The monoisotopic (exact) mass is 349 g/mol. The highest BCUT2D eigenvalue weighted by Gasteiger charge is 2.17. The Hall–Kier alpha value is -2.17. The summed E-state index contributed by atoms with van der Waals surface area (Å²) < 4.78 is 18.8. The van der Waals surface area contributed by atoms with Gasteiger partial charge in [-0.2, -0.15) is 0 Å². The number of hydrogen-bond acceptors (Lipinski definition) is 3. The van der Waals surface area contributed by atoms with Crippen LogP contribution in [0.25, 0.3) is 22.0 Å². The SMILES string of the molecule is COC(=O)c1ccc2c(F)cnc(-c3c(Cl)cccc3Cl)c2c1. The molecule has 0 aliphatic rings. The lowest BCUT2D eigenvalue weighted by Gasteiger charge is -2.11. The Bertz CT molecular complexity index is 908. The third-order valence-corrected chi connectivity index (χ3v) is 4.09. The third-order valence-electron chi connectivity index (χ3n) is 3.46. The molecule has 0 bridgehead atoms. The van der Waals surface area contributed by atoms with E-state index in [9.17, 15) is 9.18 Å². The molecule has 0 radical (unpaired) electrons. The van der Waals surface area contributed by atoms with Crippen LogP contribution in [0, 0.1) is 5.82 Å². The zero-order chi connectivity index (χ0) is 16.6. The number of nitrogens with zero attached hydrogens (tertiary/aromatic N) is 1. The molecule has 0 fully saturated rings. The second-order valence-electron chi connectivity index (χ2n) is 4.80. The normalized spacial score (nSPS) is 10.8. The van der Waals surface area contributed by atoms with Crippen molar-refractivity contribution in [1.82, 2.24) is 4.98 Å². The van der Waals surface area contributed by atoms with Crippen LogP contribution in [0.15, 0.2) is 42.6 Å². The van der Waals surface area contributed by atoms with Gasteiger partial charge in [0.1, 0.15) is 5.82 Å². The quantitative estimate of drug-likeness (QED) is 0.601. The van der Waals surface area contributed by atoms with E-state index in [-0.39, 0.29) is 5.56 Å². The summed E-state index contributed by atoms with van der Waals surface area (Å²) in [7, 11) is 1.28.